The van der Waals surface area contributed by atoms with Gasteiger partial charge in [-0.25, -0.2) is 9.97 Å². The van der Waals surface area contributed by atoms with E-state index in [1.165, 1.54) is 0 Å². The van der Waals surface area contributed by atoms with Crippen LogP contribution < -0.4 is 9.64 Å². The van der Waals surface area contributed by atoms with Gasteiger partial charge in [0, 0.05) is 49.8 Å². The van der Waals surface area contributed by atoms with Crippen LogP contribution in [0, 0.1) is 19.3 Å². The number of amides is 1. The topological polar surface area (TPSA) is 102 Å². The maximum atomic E-state index is 13.8. The Balaban J connectivity index is 1.32. The summed E-state index contributed by atoms with van der Waals surface area (Å²) in [6.07, 6.45) is 6.95. The molecule has 1 spiro atoms. The molecule has 35 heavy (non-hydrogen) atoms. The number of likely N-dealkylation sites (tertiary alicyclic amines) is 1. The van der Waals surface area contributed by atoms with Gasteiger partial charge in [-0.2, -0.15) is 15.0 Å². The third-order valence-corrected chi connectivity index (χ3v) is 7.14. The van der Waals surface area contributed by atoms with Crippen molar-refractivity contribution in [3.63, 3.8) is 0 Å². The Kier molecular flexibility index (Phi) is 6.12. The van der Waals surface area contributed by atoms with Crippen LogP contribution in [0.1, 0.15) is 42.8 Å². The lowest BCUT2D eigenvalue weighted by Gasteiger charge is -2.46. The summed E-state index contributed by atoms with van der Waals surface area (Å²) in [7, 11) is 3.41. The Labute approximate surface area is 205 Å². The molecule has 10 nitrogen and oxygen atoms in total. The van der Waals surface area contributed by atoms with E-state index in [1.807, 2.05) is 30.9 Å². The number of carbonyl (C=O) groups excluding carboxylic acids is 1. The number of nitrogens with zero attached hydrogens (tertiary/aromatic N) is 8. The van der Waals surface area contributed by atoms with Crippen molar-refractivity contribution in [1.29, 1.82) is 0 Å². The molecule has 2 fully saturated rings. The molecule has 0 aliphatic carbocycles. The monoisotopic (exact) mass is 476 g/mol. The van der Waals surface area contributed by atoms with E-state index in [9.17, 15) is 4.79 Å². The fourth-order valence-corrected chi connectivity index (χ4v) is 5.37. The lowest BCUT2D eigenvalue weighted by Crippen LogP contribution is -2.53. The van der Waals surface area contributed by atoms with Crippen molar-refractivity contribution in [3.05, 3.63) is 41.6 Å². The standard InChI is InChI=1S/C25H32N8O2/c1-17-12-18(2)28-24(27-17)32-10-7-25(8-11-32)6-5-9-33(23(25)34)16-21-22(30-31(3)29-21)19-13-20(35-4)15-26-14-19/h12-15H,5-11,16H2,1-4H3. The largest absolute Gasteiger partial charge is 0.495 e. The van der Waals surface area contributed by atoms with Crippen LogP contribution >= 0.6 is 0 Å². The van der Waals surface area contributed by atoms with Gasteiger partial charge in [-0.3, -0.25) is 9.78 Å². The minimum atomic E-state index is -0.326. The molecule has 184 valence electrons. The average Bonchev–Trinajstić information content (AvgIpc) is 3.22. The van der Waals surface area contributed by atoms with E-state index < -0.39 is 0 Å². The number of anilines is 1. The highest BCUT2D eigenvalue weighted by molar-refractivity contribution is 5.84. The molecule has 2 aliphatic rings. The van der Waals surface area contributed by atoms with Crippen LogP contribution in [-0.4, -0.2) is 67.5 Å². The molecular formula is C25H32N8O2. The van der Waals surface area contributed by atoms with Gasteiger partial charge in [0.05, 0.1) is 25.3 Å². The summed E-state index contributed by atoms with van der Waals surface area (Å²) >= 11 is 0. The predicted molar refractivity (Wildman–Crippen MR) is 131 cm³/mol. The van der Waals surface area contributed by atoms with Gasteiger partial charge in [0.15, 0.2) is 0 Å². The van der Waals surface area contributed by atoms with Crippen LogP contribution in [0.25, 0.3) is 11.3 Å². The molecule has 5 rings (SSSR count). The second-order valence-electron chi connectivity index (χ2n) is 9.65. The van der Waals surface area contributed by atoms with Crippen LogP contribution in [0.5, 0.6) is 5.75 Å². The first-order chi connectivity index (χ1) is 16.9. The number of ether oxygens (including phenoxy) is 1. The molecule has 3 aromatic rings. The predicted octanol–water partition coefficient (Wildman–Crippen LogP) is 2.70. The summed E-state index contributed by atoms with van der Waals surface area (Å²) in [5.41, 5.74) is 3.95. The highest BCUT2D eigenvalue weighted by atomic mass is 16.5. The molecule has 0 unspecified atom stereocenters. The molecule has 0 aromatic carbocycles. The van der Waals surface area contributed by atoms with Gasteiger partial charge in [-0.15, -0.1) is 0 Å². The van der Waals surface area contributed by atoms with Gasteiger partial charge in [-0.05, 0) is 51.7 Å². The number of methoxy groups -OCH3 is 1. The van der Waals surface area contributed by atoms with Gasteiger partial charge < -0.3 is 14.5 Å². The molecule has 0 N–H and O–H groups in total. The van der Waals surface area contributed by atoms with Crippen LogP contribution in [0.15, 0.2) is 24.5 Å². The van der Waals surface area contributed by atoms with E-state index in [0.29, 0.717) is 12.3 Å². The fraction of sp³-hybridized carbons (Fsp3) is 0.520. The van der Waals surface area contributed by atoms with Crippen molar-refractivity contribution in [2.24, 2.45) is 12.5 Å². The Bertz CT molecular complexity index is 1210. The number of hydrogen-bond acceptors (Lipinski definition) is 8. The number of aryl methyl sites for hydroxylation is 3. The molecular weight excluding hydrogens is 444 g/mol. The smallest absolute Gasteiger partial charge is 0.229 e. The first-order valence-corrected chi connectivity index (χ1v) is 12.1. The minimum Gasteiger partial charge on any atom is -0.495 e. The van der Waals surface area contributed by atoms with Crippen LogP contribution in [0.3, 0.4) is 0 Å². The highest BCUT2D eigenvalue weighted by Gasteiger charge is 2.46. The van der Waals surface area contributed by atoms with E-state index in [4.69, 9.17) is 4.74 Å². The second kappa shape index (κ2) is 9.24. The molecule has 0 atom stereocenters. The minimum absolute atomic E-state index is 0.227. The molecule has 2 saturated heterocycles. The molecule has 10 heteroatoms. The maximum Gasteiger partial charge on any atom is 0.229 e. The molecule has 0 radical (unpaired) electrons. The fourth-order valence-electron chi connectivity index (χ4n) is 5.37. The number of carbonyl (C=O) groups is 1. The first kappa shape index (κ1) is 23.2. The van der Waals surface area contributed by atoms with Crippen molar-refractivity contribution < 1.29 is 9.53 Å². The van der Waals surface area contributed by atoms with E-state index in [0.717, 1.165) is 79.6 Å². The number of rotatable bonds is 5. The number of pyridine rings is 1. The zero-order valence-electron chi connectivity index (χ0n) is 20.9. The van der Waals surface area contributed by atoms with E-state index in [-0.39, 0.29) is 11.3 Å². The SMILES string of the molecule is COc1cncc(-c2nn(C)nc2CN2CCCC3(CCN(c4nc(C)cc(C)n4)CC3)C2=O)c1. The highest BCUT2D eigenvalue weighted by Crippen LogP contribution is 2.42. The summed E-state index contributed by atoms with van der Waals surface area (Å²) in [5.74, 6) is 1.66. The quantitative estimate of drug-likeness (QED) is 0.554. The molecule has 0 bridgehead atoms. The van der Waals surface area contributed by atoms with Gasteiger partial charge in [0.1, 0.15) is 17.1 Å². The molecule has 0 saturated carbocycles. The zero-order chi connectivity index (χ0) is 24.6. The molecule has 2 aliphatic heterocycles. The summed E-state index contributed by atoms with van der Waals surface area (Å²) in [6.45, 7) is 6.73. The average molecular weight is 477 g/mol. The van der Waals surface area contributed by atoms with Crippen molar-refractivity contribution >= 4 is 11.9 Å². The number of aromatic nitrogens is 6. The van der Waals surface area contributed by atoms with Gasteiger partial charge >= 0.3 is 0 Å². The van der Waals surface area contributed by atoms with Crippen molar-refractivity contribution in [3.8, 4) is 17.0 Å². The Morgan fingerprint density at radius 2 is 1.74 bits per heavy atom. The summed E-state index contributed by atoms with van der Waals surface area (Å²) in [6, 6.07) is 3.88. The van der Waals surface area contributed by atoms with Gasteiger partial charge in [-0.1, -0.05) is 0 Å². The first-order valence-electron chi connectivity index (χ1n) is 12.1. The summed E-state index contributed by atoms with van der Waals surface area (Å²) < 4.78 is 5.32. The normalized spacial score (nSPS) is 17.8. The van der Waals surface area contributed by atoms with Crippen molar-refractivity contribution in [2.45, 2.75) is 46.1 Å². The lowest BCUT2D eigenvalue weighted by atomic mass is 9.71. The van der Waals surface area contributed by atoms with E-state index in [1.54, 1.807) is 31.3 Å². The third-order valence-electron chi connectivity index (χ3n) is 7.14. The van der Waals surface area contributed by atoms with Crippen LogP contribution in [-0.2, 0) is 18.4 Å². The second-order valence-corrected chi connectivity index (χ2v) is 9.65. The number of hydrogen-bond donors (Lipinski definition) is 0. The van der Waals surface area contributed by atoms with Crippen LogP contribution in [0.4, 0.5) is 5.95 Å². The van der Waals surface area contributed by atoms with Gasteiger partial charge in [0.25, 0.3) is 0 Å². The summed E-state index contributed by atoms with van der Waals surface area (Å²) in [4.78, 5) is 33.0. The summed E-state index contributed by atoms with van der Waals surface area (Å²) in [5, 5.41) is 9.15. The van der Waals surface area contributed by atoms with E-state index >= 15 is 0 Å². The maximum absolute atomic E-state index is 13.8. The Hall–Kier alpha value is -3.56. The zero-order valence-corrected chi connectivity index (χ0v) is 20.9. The third kappa shape index (κ3) is 4.56. The van der Waals surface area contributed by atoms with Gasteiger partial charge in [0.2, 0.25) is 11.9 Å². The van der Waals surface area contributed by atoms with Crippen molar-refractivity contribution in [1.82, 2.24) is 34.8 Å². The molecule has 5 heterocycles. The molecule has 3 aromatic heterocycles. The van der Waals surface area contributed by atoms with Crippen LogP contribution in [0.2, 0.25) is 0 Å². The Morgan fingerprint density at radius 3 is 2.46 bits per heavy atom. The molecule has 1 amide bonds. The van der Waals surface area contributed by atoms with Crippen molar-refractivity contribution in [2.75, 3.05) is 31.6 Å². The Morgan fingerprint density at radius 1 is 1.00 bits per heavy atom. The lowest BCUT2D eigenvalue weighted by molar-refractivity contribution is -0.148. The van der Waals surface area contributed by atoms with E-state index in [2.05, 4.69) is 30.0 Å². The number of piperidine rings is 2.